The van der Waals surface area contributed by atoms with Gasteiger partial charge in [-0.05, 0) is 55.1 Å². The van der Waals surface area contributed by atoms with E-state index in [9.17, 15) is 14.7 Å². The molecule has 2 atom stereocenters. The van der Waals surface area contributed by atoms with Gasteiger partial charge in [0.25, 0.3) is 0 Å². The Hall–Kier alpha value is -2.10. The summed E-state index contributed by atoms with van der Waals surface area (Å²) in [6, 6.07) is 10.3. The summed E-state index contributed by atoms with van der Waals surface area (Å²) in [5, 5.41) is 9.62. The van der Waals surface area contributed by atoms with E-state index in [0.717, 1.165) is 32.1 Å². The predicted molar refractivity (Wildman–Crippen MR) is 95.7 cm³/mol. The highest BCUT2D eigenvalue weighted by Gasteiger charge is 2.52. The summed E-state index contributed by atoms with van der Waals surface area (Å²) in [5.41, 5.74) is 2.74. The molecule has 0 aromatic heterocycles. The third-order valence-electron chi connectivity index (χ3n) is 6.38. The van der Waals surface area contributed by atoms with Crippen molar-refractivity contribution in [2.45, 2.75) is 38.5 Å². The second kappa shape index (κ2) is 6.32. The van der Waals surface area contributed by atoms with Crippen LogP contribution in [0.25, 0.3) is 5.57 Å². The zero-order valence-corrected chi connectivity index (χ0v) is 14.5. The maximum Gasteiger partial charge on any atom is 0.307 e. The van der Waals surface area contributed by atoms with Gasteiger partial charge in [-0.15, -0.1) is 0 Å². The molecule has 0 radical (unpaired) electrons. The molecule has 3 aliphatic rings. The molecule has 4 nitrogen and oxygen atoms in total. The van der Waals surface area contributed by atoms with E-state index in [1.165, 1.54) is 11.1 Å². The molecule has 2 saturated carbocycles. The number of hydrogen-bond donors (Lipinski definition) is 1. The molecule has 4 rings (SSSR count). The van der Waals surface area contributed by atoms with Crippen molar-refractivity contribution in [3.05, 3.63) is 42.0 Å². The first-order valence-electron chi connectivity index (χ1n) is 9.34. The first-order chi connectivity index (χ1) is 12.1. The Morgan fingerprint density at radius 2 is 1.84 bits per heavy atom. The van der Waals surface area contributed by atoms with Gasteiger partial charge in [0.05, 0.1) is 11.8 Å². The minimum absolute atomic E-state index is 0.0475. The van der Waals surface area contributed by atoms with E-state index in [1.54, 1.807) is 0 Å². The Morgan fingerprint density at radius 3 is 2.44 bits per heavy atom. The van der Waals surface area contributed by atoms with E-state index < -0.39 is 11.9 Å². The molecule has 1 spiro atoms. The summed E-state index contributed by atoms with van der Waals surface area (Å²) in [4.78, 5) is 26.6. The zero-order valence-electron chi connectivity index (χ0n) is 14.5. The number of carboxylic acids is 1. The van der Waals surface area contributed by atoms with Crippen molar-refractivity contribution >= 4 is 17.4 Å². The van der Waals surface area contributed by atoms with Gasteiger partial charge < -0.3 is 10.0 Å². The van der Waals surface area contributed by atoms with Crippen LogP contribution in [-0.2, 0) is 9.59 Å². The lowest BCUT2D eigenvalue weighted by molar-refractivity contribution is -0.153. The second-order valence-corrected chi connectivity index (χ2v) is 7.92. The van der Waals surface area contributed by atoms with Crippen LogP contribution in [0.15, 0.2) is 36.4 Å². The highest BCUT2D eigenvalue weighted by atomic mass is 16.4. The Bertz CT molecular complexity index is 705. The first kappa shape index (κ1) is 16.4. The smallest absolute Gasteiger partial charge is 0.307 e. The molecule has 25 heavy (non-hydrogen) atoms. The van der Waals surface area contributed by atoms with Crippen LogP contribution in [-0.4, -0.2) is 35.0 Å². The van der Waals surface area contributed by atoms with Crippen molar-refractivity contribution < 1.29 is 14.7 Å². The summed E-state index contributed by atoms with van der Waals surface area (Å²) in [5.74, 6) is -1.58. The maximum absolute atomic E-state index is 13.0. The molecular formula is C21H25NO3. The van der Waals surface area contributed by atoms with Gasteiger partial charge in [-0.25, -0.2) is 0 Å². The van der Waals surface area contributed by atoms with Crippen molar-refractivity contribution in [1.82, 2.24) is 4.90 Å². The maximum atomic E-state index is 13.0. The summed E-state index contributed by atoms with van der Waals surface area (Å²) < 4.78 is 0. The highest BCUT2D eigenvalue weighted by molar-refractivity contribution is 5.86. The number of carbonyl (C=O) groups is 2. The van der Waals surface area contributed by atoms with Crippen LogP contribution in [0, 0.1) is 17.3 Å². The molecule has 1 heterocycles. The average Bonchev–Trinajstić information content (AvgIpc) is 3.41. The summed E-state index contributed by atoms with van der Waals surface area (Å²) in [6.07, 6.45) is 7.70. The van der Waals surface area contributed by atoms with E-state index in [1.807, 2.05) is 23.1 Å². The number of hydrogen-bond acceptors (Lipinski definition) is 2. The largest absolute Gasteiger partial charge is 0.481 e. The van der Waals surface area contributed by atoms with E-state index in [4.69, 9.17) is 0 Å². The fourth-order valence-electron chi connectivity index (χ4n) is 4.58. The number of carboxylic acid groups (broad SMARTS) is 1. The van der Waals surface area contributed by atoms with Crippen molar-refractivity contribution in [2.24, 2.45) is 17.3 Å². The van der Waals surface area contributed by atoms with Crippen LogP contribution in [0.3, 0.4) is 0 Å². The Balaban J connectivity index is 1.44. The zero-order chi connectivity index (χ0) is 17.4. The number of nitrogens with zero attached hydrogens (tertiary/aromatic N) is 1. The van der Waals surface area contributed by atoms with Gasteiger partial charge in [-0.3, -0.25) is 9.59 Å². The number of benzene rings is 1. The van der Waals surface area contributed by atoms with Gasteiger partial charge >= 0.3 is 5.97 Å². The minimum Gasteiger partial charge on any atom is -0.481 e. The van der Waals surface area contributed by atoms with Gasteiger partial charge in [0.1, 0.15) is 0 Å². The van der Waals surface area contributed by atoms with Gasteiger partial charge in [-0.1, -0.05) is 36.4 Å². The predicted octanol–water partition coefficient (Wildman–Crippen LogP) is 3.58. The van der Waals surface area contributed by atoms with Crippen molar-refractivity contribution in [2.75, 3.05) is 13.1 Å². The third kappa shape index (κ3) is 3.22. The van der Waals surface area contributed by atoms with Gasteiger partial charge in [0.2, 0.25) is 5.91 Å². The molecule has 4 heteroatoms. The topological polar surface area (TPSA) is 57.6 Å². The quantitative estimate of drug-likeness (QED) is 0.916. The van der Waals surface area contributed by atoms with E-state index in [-0.39, 0.29) is 17.2 Å². The van der Waals surface area contributed by atoms with Crippen molar-refractivity contribution in [3.63, 3.8) is 0 Å². The van der Waals surface area contributed by atoms with Crippen molar-refractivity contribution in [1.29, 1.82) is 0 Å². The SMILES string of the molecule is O=C(O)C1CC2(CCC1C(=O)N1CC=C(c3ccccc3)CC1)CC2. The number of carbonyl (C=O) groups excluding carboxylic acids is 1. The van der Waals surface area contributed by atoms with Crippen LogP contribution in [0.1, 0.15) is 44.1 Å². The molecule has 0 saturated heterocycles. The second-order valence-electron chi connectivity index (χ2n) is 7.92. The van der Waals surface area contributed by atoms with E-state index in [2.05, 4.69) is 18.2 Å². The van der Waals surface area contributed by atoms with Crippen LogP contribution in [0.2, 0.25) is 0 Å². The summed E-state index contributed by atoms with van der Waals surface area (Å²) >= 11 is 0. The molecule has 2 unspecified atom stereocenters. The molecule has 132 valence electrons. The average molecular weight is 339 g/mol. The van der Waals surface area contributed by atoms with E-state index >= 15 is 0 Å². The lowest BCUT2D eigenvalue weighted by Crippen LogP contribution is -2.45. The Kier molecular flexibility index (Phi) is 4.14. The van der Waals surface area contributed by atoms with Crippen LogP contribution in [0.5, 0.6) is 0 Å². The van der Waals surface area contributed by atoms with Crippen LogP contribution >= 0.6 is 0 Å². The van der Waals surface area contributed by atoms with Gasteiger partial charge in [0, 0.05) is 13.1 Å². The van der Waals surface area contributed by atoms with Gasteiger partial charge in [-0.2, -0.15) is 0 Å². The highest BCUT2D eigenvalue weighted by Crippen LogP contribution is 2.59. The fraction of sp³-hybridized carbons (Fsp3) is 0.524. The normalized spacial score (nSPS) is 27.7. The molecule has 1 N–H and O–H groups in total. The molecule has 0 bridgehead atoms. The van der Waals surface area contributed by atoms with Gasteiger partial charge in [0.15, 0.2) is 0 Å². The van der Waals surface area contributed by atoms with Crippen LogP contribution in [0.4, 0.5) is 0 Å². The number of amides is 1. The molecule has 1 amide bonds. The lowest BCUT2D eigenvalue weighted by atomic mass is 9.71. The molecule has 2 aliphatic carbocycles. The molecular weight excluding hydrogens is 314 g/mol. The van der Waals surface area contributed by atoms with Crippen LogP contribution < -0.4 is 0 Å². The standard InChI is InChI=1S/C21H25NO3/c23-19(17-6-9-21(10-11-21)14-18(17)20(24)25)22-12-7-16(8-13-22)15-4-2-1-3-5-15/h1-5,7,17-18H,6,8-14H2,(H,24,25). The Morgan fingerprint density at radius 1 is 1.08 bits per heavy atom. The summed E-state index contributed by atoms with van der Waals surface area (Å²) in [6.45, 7) is 1.28. The minimum atomic E-state index is -0.790. The first-order valence-corrected chi connectivity index (χ1v) is 9.34. The molecule has 1 aromatic carbocycles. The molecule has 1 aromatic rings. The van der Waals surface area contributed by atoms with E-state index in [0.29, 0.717) is 19.5 Å². The third-order valence-corrected chi connectivity index (χ3v) is 6.38. The number of aliphatic carboxylic acids is 1. The Labute approximate surface area is 148 Å². The molecule has 2 fully saturated rings. The lowest BCUT2D eigenvalue weighted by Gasteiger charge is -2.37. The van der Waals surface area contributed by atoms with Crippen molar-refractivity contribution in [3.8, 4) is 0 Å². The monoisotopic (exact) mass is 339 g/mol. The molecule has 1 aliphatic heterocycles. The fourth-order valence-corrected chi connectivity index (χ4v) is 4.58. The number of rotatable bonds is 3. The summed E-state index contributed by atoms with van der Waals surface area (Å²) in [7, 11) is 0.